The zero-order valence-electron chi connectivity index (χ0n) is 19.8. The van der Waals surface area contributed by atoms with Gasteiger partial charge in [-0.1, -0.05) is 30.3 Å². The van der Waals surface area contributed by atoms with Crippen LogP contribution in [0.5, 0.6) is 0 Å². The molecule has 0 unspecified atom stereocenters. The second-order valence-electron chi connectivity index (χ2n) is 9.29. The van der Waals surface area contributed by atoms with Gasteiger partial charge in [0, 0.05) is 38.4 Å². The van der Waals surface area contributed by atoms with Gasteiger partial charge in [-0.05, 0) is 54.8 Å². The van der Waals surface area contributed by atoms with E-state index in [-0.39, 0.29) is 5.91 Å². The zero-order valence-corrected chi connectivity index (χ0v) is 20.6. The number of hydrogen-bond acceptors (Lipinski definition) is 6. The maximum Gasteiger partial charge on any atom is 0.257 e. The number of hydrogen-bond donors (Lipinski definition) is 0. The fourth-order valence-corrected chi connectivity index (χ4v) is 5.96. The first kappa shape index (κ1) is 22.1. The van der Waals surface area contributed by atoms with Gasteiger partial charge in [-0.2, -0.15) is 5.10 Å². The average Bonchev–Trinajstić information content (AvgIpc) is 3.59. The highest BCUT2D eigenvalue weighted by Gasteiger charge is 2.30. The fourth-order valence-electron chi connectivity index (χ4n) is 5.27. The molecule has 0 saturated carbocycles. The number of carbonyl (C=O) groups is 1. The summed E-state index contributed by atoms with van der Waals surface area (Å²) >= 11 is 1.64. The summed E-state index contributed by atoms with van der Waals surface area (Å²) in [6.07, 6.45) is 6.53. The molecular weight excluding hydrogens is 456 g/mol. The Kier molecular flexibility index (Phi) is 5.91. The lowest BCUT2D eigenvalue weighted by Gasteiger charge is -2.40. The van der Waals surface area contributed by atoms with Crippen LogP contribution in [-0.2, 0) is 13.0 Å². The van der Waals surface area contributed by atoms with Crippen LogP contribution in [0.1, 0.15) is 40.0 Å². The van der Waals surface area contributed by atoms with E-state index >= 15 is 0 Å². The van der Waals surface area contributed by atoms with E-state index in [0.29, 0.717) is 17.6 Å². The van der Waals surface area contributed by atoms with Crippen molar-refractivity contribution in [1.82, 2.24) is 29.5 Å². The molecule has 0 spiro atoms. The van der Waals surface area contributed by atoms with Gasteiger partial charge in [0.05, 0.1) is 28.0 Å². The Balaban J connectivity index is 1.13. The lowest BCUT2D eigenvalue weighted by atomic mass is 9.95. The third kappa shape index (κ3) is 4.28. The molecule has 6 rings (SSSR count). The van der Waals surface area contributed by atoms with Crippen LogP contribution in [0.25, 0.3) is 16.5 Å². The first-order valence-electron chi connectivity index (χ1n) is 12.2. The molecule has 8 heteroatoms. The number of rotatable bonds is 4. The van der Waals surface area contributed by atoms with Gasteiger partial charge in [-0.25, -0.2) is 14.6 Å². The Hall–Kier alpha value is -3.36. The lowest BCUT2D eigenvalue weighted by molar-refractivity contribution is 0.0598. The normalized spacial score (nSPS) is 16.9. The number of piperidine rings is 1. The topological polar surface area (TPSA) is 67.2 Å². The van der Waals surface area contributed by atoms with E-state index in [9.17, 15) is 4.79 Å². The minimum Gasteiger partial charge on any atom is -0.338 e. The third-order valence-electron chi connectivity index (χ3n) is 7.27. The Morgan fingerprint density at radius 3 is 2.66 bits per heavy atom. The van der Waals surface area contributed by atoms with Crippen molar-refractivity contribution < 1.29 is 4.79 Å². The van der Waals surface area contributed by atoms with E-state index in [1.165, 1.54) is 11.1 Å². The number of fused-ring (bicyclic) bond motifs is 1. The molecule has 2 aliphatic rings. The quantitative estimate of drug-likeness (QED) is 0.431. The average molecular weight is 485 g/mol. The van der Waals surface area contributed by atoms with Gasteiger partial charge >= 0.3 is 0 Å². The predicted octanol–water partition coefficient (Wildman–Crippen LogP) is 4.36. The van der Waals surface area contributed by atoms with Crippen molar-refractivity contribution in [3.63, 3.8) is 0 Å². The summed E-state index contributed by atoms with van der Waals surface area (Å²) in [6.45, 7) is 5.59. The molecule has 1 fully saturated rings. The maximum atomic E-state index is 13.4. The van der Waals surface area contributed by atoms with Crippen molar-refractivity contribution in [1.29, 1.82) is 0 Å². The van der Waals surface area contributed by atoms with Crippen LogP contribution in [0, 0.1) is 6.92 Å². The number of aromatic nitrogens is 4. The molecule has 0 atom stereocenters. The van der Waals surface area contributed by atoms with E-state index in [4.69, 9.17) is 0 Å². The first-order valence-corrected chi connectivity index (χ1v) is 13.1. The molecule has 35 heavy (non-hydrogen) atoms. The van der Waals surface area contributed by atoms with Gasteiger partial charge < -0.3 is 4.90 Å². The van der Waals surface area contributed by atoms with Gasteiger partial charge in [0.25, 0.3) is 11.9 Å². The van der Waals surface area contributed by atoms with Crippen molar-refractivity contribution in [2.75, 3.05) is 19.6 Å². The van der Waals surface area contributed by atoms with Crippen LogP contribution in [0.3, 0.4) is 0 Å². The van der Waals surface area contributed by atoms with E-state index in [0.717, 1.165) is 61.7 Å². The van der Waals surface area contributed by atoms with Crippen LogP contribution in [0.4, 0.5) is 0 Å². The van der Waals surface area contributed by atoms with Crippen molar-refractivity contribution in [3.05, 3.63) is 82.6 Å². The van der Waals surface area contributed by atoms with Crippen LogP contribution in [-0.4, -0.2) is 61.1 Å². The maximum absolute atomic E-state index is 13.4. The number of thiophene rings is 1. The van der Waals surface area contributed by atoms with Gasteiger partial charge in [-0.15, -0.1) is 11.3 Å². The number of amides is 1. The molecule has 0 bridgehead atoms. The number of likely N-dealkylation sites (tertiary alicyclic amines) is 1. The number of nitrogens with zero attached hydrogens (tertiary/aromatic N) is 6. The van der Waals surface area contributed by atoms with E-state index in [1.54, 1.807) is 28.4 Å². The van der Waals surface area contributed by atoms with Gasteiger partial charge in [0.2, 0.25) is 0 Å². The Bertz CT molecular complexity index is 1340. The molecule has 7 nitrogen and oxygen atoms in total. The SMILES string of the molecule is Cc1c(C(=O)N2CCC(N3CCc4ccccc4C3)CC2)cnn1-c1nccc(-c2cccs2)n1. The lowest BCUT2D eigenvalue weighted by Crippen LogP contribution is -2.48. The zero-order chi connectivity index (χ0) is 23.8. The summed E-state index contributed by atoms with van der Waals surface area (Å²) < 4.78 is 1.67. The summed E-state index contributed by atoms with van der Waals surface area (Å²) in [5, 5.41) is 6.50. The summed E-state index contributed by atoms with van der Waals surface area (Å²) in [5.74, 6) is 0.530. The highest BCUT2D eigenvalue weighted by atomic mass is 32.1. The summed E-state index contributed by atoms with van der Waals surface area (Å²) in [5.41, 5.74) is 5.18. The van der Waals surface area contributed by atoms with E-state index in [1.807, 2.05) is 35.4 Å². The third-order valence-corrected chi connectivity index (χ3v) is 8.17. The number of benzene rings is 1. The molecule has 3 aromatic heterocycles. The van der Waals surface area contributed by atoms with E-state index in [2.05, 4.69) is 44.2 Å². The Morgan fingerprint density at radius 1 is 1.03 bits per heavy atom. The Morgan fingerprint density at radius 2 is 1.86 bits per heavy atom. The summed E-state index contributed by atoms with van der Waals surface area (Å²) in [7, 11) is 0. The minimum absolute atomic E-state index is 0.0469. The molecule has 1 saturated heterocycles. The molecule has 5 heterocycles. The highest BCUT2D eigenvalue weighted by molar-refractivity contribution is 7.13. The first-order chi connectivity index (χ1) is 17.2. The van der Waals surface area contributed by atoms with Gasteiger partial charge in [0.1, 0.15) is 0 Å². The number of carbonyl (C=O) groups excluding carboxylic acids is 1. The van der Waals surface area contributed by atoms with Crippen molar-refractivity contribution in [3.8, 4) is 16.5 Å². The molecule has 0 radical (unpaired) electrons. The fraction of sp³-hybridized carbons (Fsp3) is 0.333. The summed E-state index contributed by atoms with van der Waals surface area (Å²) in [4.78, 5) is 28.1. The molecule has 4 aromatic rings. The Labute approximate surface area is 209 Å². The minimum atomic E-state index is 0.0469. The summed E-state index contributed by atoms with van der Waals surface area (Å²) in [6, 6.07) is 15.2. The molecule has 2 aliphatic heterocycles. The largest absolute Gasteiger partial charge is 0.338 e. The highest BCUT2D eigenvalue weighted by Crippen LogP contribution is 2.26. The monoisotopic (exact) mass is 484 g/mol. The van der Waals surface area contributed by atoms with Gasteiger partial charge in [-0.3, -0.25) is 9.69 Å². The molecule has 0 aliphatic carbocycles. The van der Waals surface area contributed by atoms with Crippen molar-refractivity contribution >= 4 is 17.2 Å². The second kappa shape index (κ2) is 9.36. The van der Waals surface area contributed by atoms with Crippen LogP contribution in [0.2, 0.25) is 0 Å². The molecule has 1 amide bonds. The van der Waals surface area contributed by atoms with Gasteiger partial charge in [0.15, 0.2) is 0 Å². The predicted molar refractivity (Wildman–Crippen MR) is 137 cm³/mol. The van der Waals surface area contributed by atoms with Crippen LogP contribution in [0.15, 0.2) is 60.2 Å². The smallest absolute Gasteiger partial charge is 0.257 e. The molecule has 0 N–H and O–H groups in total. The molecule has 1 aromatic carbocycles. The van der Waals surface area contributed by atoms with Crippen molar-refractivity contribution in [2.24, 2.45) is 0 Å². The molecule has 178 valence electrons. The molecular formula is C27H28N6OS. The van der Waals surface area contributed by atoms with Crippen LogP contribution >= 0.6 is 11.3 Å². The van der Waals surface area contributed by atoms with Crippen molar-refractivity contribution in [2.45, 2.75) is 38.8 Å². The van der Waals surface area contributed by atoms with Crippen LogP contribution < -0.4 is 0 Å². The van der Waals surface area contributed by atoms with E-state index < -0.39 is 0 Å². The standard InChI is InChI=1S/C27H28N6OS/c1-19-23(17-29-33(19)27-28-12-8-24(30-27)25-7-4-16-35-25)26(34)31-14-10-22(11-15-31)32-13-9-20-5-2-3-6-21(20)18-32/h2-8,12,16-17,22H,9-11,13-15,18H2,1H3. The second-order valence-corrected chi connectivity index (χ2v) is 10.2.